The van der Waals surface area contributed by atoms with Gasteiger partial charge in [-0.1, -0.05) is 0 Å². The molecular weight excluding hydrogens is 254 g/mol. The molecule has 0 aromatic heterocycles. The lowest BCUT2D eigenvalue weighted by atomic mass is 10.1. The Labute approximate surface area is 110 Å². The van der Waals surface area contributed by atoms with Crippen molar-refractivity contribution < 1.29 is 18.3 Å². The maximum absolute atomic E-state index is 14.0. The molecule has 6 heteroatoms. The molecule has 1 fully saturated rings. The van der Waals surface area contributed by atoms with Crippen LogP contribution in [0.5, 0.6) is 0 Å². The number of carbonyl (C=O) groups excluding carboxylic acids is 1. The van der Waals surface area contributed by atoms with Crippen LogP contribution in [0.1, 0.15) is 17.3 Å². The zero-order chi connectivity index (χ0) is 14.0. The summed E-state index contributed by atoms with van der Waals surface area (Å²) < 4.78 is 32.3. The first-order chi connectivity index (χ1) is 9.04. The maximum Gasteiger partial charge on any atom is 0.340 e. The molecule has 1 aliphatic rings. The van der Waals surface area contributed by atoms with Crippen molar-refractivity contribution >= 4 is 11.7 Å². The second kappa shape index (κ2) is 5.52. The molecule has 1 aliphatic heterocycles. The number of methoxy groups -OCH3 is 1. The molecule has 0 spiro atoms. The van der Waals surface area contributed by atoms with Crippen molar-refractivity contribution in [1.82, 2.24) is 5.32 Å². The van der Waals surface area contributed by atoms with Crippen LogP contribution in [-0.2, 0) is 4.74 Å². The average Bonchev–Trinajstić information content (AvgIpc) is 2.41. The van der Waals surface area contributed by atoms with Gasteiger partial charge in [0.15, 0.2) is 11.6 Å². The molecule has 1 heterocycles. The van der Waals surface area contributed by atoms with E-state index in [-0.39, 0.29) is 17.3 Å². The predicted molar refractivity (Wildman–Crippen MR) is 67.4 cm³/mol. The molecule has 0 saturated carbocycles. The Morgan fingerprint density at radius 2 is 2.16 bits per heavy atom. The minimum atomic E-state index is -1.16. The molecule has 0 unspecified atom stereocenters. The maximum atomic E-state index is 14.0. The summed E-state index contributed by atoms with van der Waals surface area (Å²) in [7, 11) is 1.13. The van der Waals surface area contributed by atoms with E-state index in [9.17, 15) is 13.6 Å². The summed E-state index contributed by atoms with van der Waals surface area (Å²) in [5, 5.41) is 3.22. The topological polar surface area (TPSA) is 41.6 Å². The van der Waals surface area contributed by atoms with Crippen molar-refractivity contribution in [3.8, 4) is 0 Å². The lowest BCUT2D eigenvalue weighted by Gasteiger charge is -2.33. The molecule has 2 rings (SSSR count). The number of hydrogen-bond donors (Lipinski definition) is 1. The Bertz CT molecular complexity index is 494. The average molecular weight is 270 g/mol. The minimum absolute atomic E-state index is 0.179. The number of carbonyl (C=O) groups is 1. The Balaban J connectivity index is 2.33. The molecule has 0 amide bonds. The zero-order valence-electron chi connectivity index (χ0n) is 10.9. The first-order valence-corrected chi connectivity index (χ1v) is 6.09. The van der Waals surface area contributed by atoms with E-state index in [0.29, 0.717) is 19.6 Å². The van der Waals surface area contributed by atoms with E-state index in [2.05, 4.69) is 10.1 Å². The number of rotatable bonds is 2. The summed E-state index contributed by atoms with van der Waals surface area (Å²) in [5.74, 6) is -3.04. The Hall–Kier alpha value is -1.69. The molecule has 0 aliphatic carbocycles. The second-order valence-corrected chi connectivity index (χ2v) is 4.55. The van der Waals surface area contributed by atoms with Gasteiger partial charge in [0.1, 0.15) is 0 Å². The molecular formula is C13H16F2N2O2. The largest absolute Gasteiger partial charge is 0.465 e. The predicted octanol–water partition coefficient (Wildman–Crippen LogP) is 1.55. The lowest BCUT2D eigenvalue weighted by Crippen LogP contribution is -2.49. The van der Waals surface area contributed by atoms with Gasteiger partial charge in [-0.05, 0) is 19.1 Å². The van der Waals surface area contributed by atoms with Crippen LogP contribution in [0.15, 0.2) is 12.1 Å². The Kier molecular flexibility index (Phi) is 3.99. The third kappa shape index (κ3) is 2.68. The van der Waals surface area contributed by atoms with Gasteiger partial charge in [-0.15, -0.1) is 0 Å². The van der Waals surface area contributed by atoms with Gasteiger partial charge in [0.2, 0.25) is 0 Å². The quantitative estimate of drug-likeness (QED) is 0.828. The number of anilines is 1. The zero-order valence-corrected chi connectivity index (χ0v) is 10.9. The molecule has 0 radical (unpaired) electrons. The Morgan fingerprint density at radius 1 is 1.42 bits per heavy atom. The van der Waals surface area contributed by atoms with Crippen LogP contribution in [0.3, 0.4) is 0 Å². The van der Waals surface area contributed by atoms with Gasteiger partial charge in [0.25, 0.3) is 0 Å². The third-order valence-electron chi connectivity index (χ3n) is 3.18. The monoisotopic (exact) mass is 270 g/mol. The molecule has 1 aromatic rings. The van der Waals surface area contributed by atoms with E-state index in [1.807, 2.05) is 6.92 Å². The third-order valence-corrected chi connectivity index (χ3v) is 3.18. The van der Waals surface area contributed by atoms with Crippen molar-refractivity contribution in [1.29, 1.82) is 0 Å². The molecule has 4 nitrogen and oxygen atoms in total. The molecule has 1 aromatic carbocycles. The van der Waals surface area contributed by atoms with E-state index >= 15 is 0 Å². The smallest absolute Gasteiger partial charge is 0.340 e. The number of nitrogens with one attached hydrogen (secondary N) is 1. The minimum Gasteiger partial charge on any atom is -0.465 e. The fourth-order valence-corrected chi connectivity index (χ4v) is 2.20. The molecule has 19 heavy (non-hydrogen) atoms. The van der Waals surface area contributed by atoms with Crippen LogP contribution in [0.25, 0.3) is 0 Å². The molecule has 1 N–H and O–H groups in total. The van der Waals surface area contributed by atoms with Crippen LogP contribution in [0.4, 0.5) is 14.5 Å². The highest BCUT2D eigenvalue weighted by Gasteiger charge is 2.24. The van der Waals surface area contributed by atoms with Gasteiger partial charge in [-0.25, -0.2) is 13.6 Å². The Morgan fingerprint density at radius 3 is 2.79 bits per heavy atom. The summed E-state index contributed by atoms with van der Waals surface area (Å²) in [6, 6.07) is 2.88. The lowest BCUT2D eigenvalue weighted by molar-refractivity contribution is 0.0594. The summed E-state index contributed by atoms with van der Waals surface area (Å²) in [5.41, 5.74) is -0.203. The number of benzene rings is 1. The van der Waals surface area contributed by atoms with Crippen LogP contribution >= 0.6 is 0 Å². The van der Waals surface area contributed by atoms with Gasteiger partial charge < -0.3 is 15.0 Å². The highest BCUT2D eigenvalue weighted by atomic mass is 19.2. The van der Waals surface area contributed by atoms with E-state index in [1.165, 1.54) is 12.1 Å². The molecule has 0 bridgehead atoms. The molecule has 1 atom stereocenters. The number of hydrogen-bond acceptors (Lipinski definition) is 4. The first-order valence-electron chi connectivity index (χ1n) is 6.09. The fourth-order valence-electron chi connectivity index (χ4n) is 2.20. The van der Waals surface area contributed by atoms with Crippen molar-refractivity contribution in [2.45, 2.75) is 13.0 Å². The van der Waals surface area contributed by atoms with Crippen LogP contribution in [-0.4, -0.2) is 38.8 Å². The van der Waals surface area contributed by atoms with Crippen LogP contribution in [0, 0.1) is 11.6 Å². The van der Waals surface area contributed by atoms with E-state index in [0.717, 1.165) is 7.11 Å². The van der Waals surface area contributed by atoms with Crippen molar-refractivity contribution in [3.63, 3.8) is 0 Å². The van der Waals surface area contributed by atoms with E-state index in [4.69, 9.17) is 0 Å². The standard InChI is InChI=1S/C13H16F2N2O2/c1-8-7-17(6-5-16-8)10-4-3-9(13(18)19-2)11(14)12(10)15/h3-4,8,16H,5-7H2,1-2H3/t8-/m0/s1. The molecule has 104 valence electrons. The van der Waals surface area contributed by atoms with E-state index in [1.54, 1.807) is 4.90 Å². The van der Waals surface area contributed by atoms with Gasteiger partial charge in [0, 0.05) is 25.7 Å². The van der Waals surface area contributed by atoms with E-state index < -0.39 is 17.6 Å². The summed E-state index contributed by atoms with van der Waals surface area (Å²) >= 11 is 0. The second-order valence-electron chi connectivity index (χ2n) is 4.55. The number of halogens is 2. The number of ether oxygens (including phenoxy) is 1. The van der Waals surface area contributed by atoms with Gasteiger partial charge in [0.05, 0.1) is 18.4 Å². The number of esters is 1. The van der Waals surface area contributed by atoms with Gasteiger partial charge in [-0.3, -0.25) is 0 Å². The number of piperazine rings is 1. The molecule has 1 saturated heterocycles. The number of nitrogens with zero attached hydrogens (tertiary/aromatic N) is 1. The van der Waals surface area contributed by atoms with Crippen molar-refractivity contribution in [2.24, 2.45) is 0 Å². The summed E-state index contributed by atoms with van der Waals surface area (Å²) in [4.78, 5) is 13.0. The fraction of sp³-hybridized carbons (Fsp3) is 0.462. The summed E-state index contributed by atoms with van der Waals surface area (Å²) in [6.07, 6.45) is 0. The van der Waals surface area contributed by atoms with Gasteiger partial charge in [-0.2, -0.15) is 0 Å². The normalized spacial score (nSPS) is 19.4. The van der Waals surface area contributed by atoms with Gasteiger partial charge >= 0.3 is 5.97 Å². The van der Waals surface area contributed by atoms with Crippen molar-refractivity contribution in [3.05, 3.63) is 29.3 Å². The van der Waals surface area contributed by atoms with Crippen molar-refractivity contribution in [2.75, 3.05) is 31.6 Å². The highest BCUT2D eigenvalue weighted by Crippen LogP contribution is 2.25. The van der Waals surface area contributed by atoms with Crippen LogP contribution < -0.4 is 10.2 Å². The van der Waals surface area contributed by atoms with Crippen LogP contribution in [0.2, 0.25) is 0 Å². The first kappa shape index (κ1) is 13.7. The SMILES string of the molecule is COC(=O)c1ccc(N2CCN[C@@H](C)C2)c(F)c1F. The summed E-state index contributed by atoms with van der Waals surface area (Å²) in [6.45, 7) is 3.87. The highest BCUT2D eigenvalue weighted by molar-refractivity contribution is 5.90.